The lowest BCUT2D eigenvalue weighted by atomic mass is 9.92. The summed E-state index contributed by atoms with van der Waals surface area (Å²) in [7, 11) is 4.02. The molecule has 1 aliphatic carbocycles. The molecule has 0 bridgehead atoms. The molecule has 0 aromatic rings. The van der Waals surface area contributed by atoms with E-state index < -0.39 is 47.4 Å². The molecule has 27 heavy (non-hydrogen) atoms. The lowest BCUT2D eigenvalue weighted by Crippen LogP contribution is -2.50. The van der Waals surface area contributed by atoms with E-state index in [0.29, 0.717) is 0 Å². The van der Waals surface area contributed by atoms with Crippen molar-refractivity contribution in [3.05, 3.63) is 0 Å². The molecule has 1 fully saturated rings. The minimum Gasteiger partial charge on any atom is -0.469 e. The Hall–Kier alpha value is -2.32. The molecule has 0 unspecified atom stereocenters. The highest BCUT2D eigenvalue weighted by Crippen LogP contribution is 2.41. The van der Waals surface area contributed by atoms with Gasteiger partial charge < -0.3 is 24.4 Å². The second-order valence-electron chi connectivity index (χ2n) is 7.68. The number of methoxy groups -OCH3 is 2. The SMILES string of the molecule is COC(=O)[C@H]1C[C@@H](C(=O)OC)[C@H](CNC(C)=O)[C@@H]1N(C)C(=O)OC(C)(C)C. The van der Waals surface area contributed by atoms with Crippen molar-refractivity contribution >= 4 is 23.9 Å². The fraction of sp³-hybridized carbons (Fsp3) is 0.778. The molecule has 0 aromatic heterocycles. The van der Waals surface area contributed by atoms with Crippen LogP contribution in [0.3, 0.4) is 0 Å². The van der Waals surface area contributed by atoms with E-state index in [9.17, 15) is 19.2 Å². The van der Waals surface area contributed by atoms with Crippen LogP contribution < -0.4 is 5.32 Å². The van der Waals surface area contributed by atoms with Crippen LogP contribution in [0.1, 0.15) is 34.1 Å². The number of rotatable bonds is 5. The summed E-state index contributed by atoms with van der Waals surface area (Å²) in [5.41, 5.74) is -0.723. The zero-order chi connectivity index (χ0) is 20.9. The van der Waals surface area contributed by atoms with Crippen molar-refractivity contribution < 1.29 is 33.4 Å². The molecule has 9 nitrogen and oxygen atoms in total. The van der Waals surface area contributed by atoms with Crippen molar-refractivity contribution in [3.8, 4) is 0 Å². The number of carbonyl (C=O) groups excluding carboxylic acids is 4. The van der Waals surface area contributed by atoms with Crippen LogP contribution in [-0.2, 0) is 28.6 Å². The van der Waals surface area contributed by atoms with Gasteiger partial charge in [-0.1, -0.05) is 0 Å². The Bertz CT molecular complexity index is 585. The molecule has 1 aliphatic rings. The molecule has 4 atom stereocenters. The summed E-state index contributed by atoms with van der Waals surface area (Å²) < 4.78 is 15.1. The predicted molar refractivity (Wildman–Crippen MR) is 95.6 cm³/mol. The highest BCUT2D eigenvalue weighted by Gasteiger charge is 2.53. The van der Waals surface area contributed by atoms with Crippen molar-refractivity contribution in [1.29, 1.82) is 0 Å². The third kappa shape index (κ3) is 5.83. The topological polar surface area (TPSA) is 111 Å². The first-order chi connectivity index (χ1) is 12.4. The maximum atomic E-state index is 12.6. The lowest BCUT2D eigenvalue weighted by molar-refractivity contribution is -0.147. The predicted octanol–water partition coefficient (Wildman–Crippen LogP) is 0.956. The molecule has 1 rings (SSSR count). The maximum absolute atomic E-state index is 12.6. The third-order valence-corrected chi connectivity index (χ3v) is 4.60. The van der Waals surface area contributed by atoms with E-state index in [1.807, 2.05) is 0 Å². The van der Waals surface area contributed by atoms with E-state index in [1.54, 1.807) is 20.8 Å². The Morgan fingerprint density at radius 1 is 1.04 bits per heavy atom. The zero-order valence-corrected chi connectivity index (χ0v) is 17.0. The van der Waals surface area contributed by atoms with Gasteiger partial charge >= 0.3 is 18.0 Å². The molecule has 0 saturated heterocycles. The molecule has 1 saturated carbocycles. The Morgan fingerprint density at radius 2 is 1.56 bits per heavy atom. The van der Waals surface area contributed by atoms with Gasteiger partial charge in [0.2, 0.25) is 5.91 Å². The Balaban J connectivity index is 3.24. The molecule has 0 aromatic carbocycles. The molecule has 1 N–H and O–H groups in total. The van der Waals surface area contributed by atoms with Gasteiger partial charge in [0.1, 0.15) is 5.60 Å². The molecular weight excluding hydrogens is 356 g/mol. The average molecular weight is 386 g/mol. The van der Waals surface area contributed by atoms with Crippen LogP contribution in [-0.4, -0.2) is 68.3 Å². The van der Waals surface area contributed by atoms with Crippen LogP contribution in [0.25, 0.3) is 0 Å². The van der Waals surface area contributed by atoms with Crippen molar-refractivity contribution in [1.82, 2.24) is 10.2 Å². The molecule has 0 spiro atoms. The summed E-state index contributed by atoms with van der Waals surface area (Å²) in [6, 6.07) is -0.691. The zero-order valence-electron chi connectivity index (χ0n) is 17.0. The average Bonchev–Trinajstić information content (AvgIpc) is 2.95. The summed E-state index contributed by atoms with van der Waals surface area (Å²) >= 11 is 0. The van der Waals surface area contributed by atoms with Crippen LogP contribution in [0.2, 0.25) is 0 Å². The molecular formula is C18H30N2O7. The van der Waals surface area contributed by atoms with Gasteiger partial charge in [-0.25, -0.2) is 4.79 Å². The largest absolute Gasteiger partial charge is 0.469 e. The summed E-state index contributed by atoms with van der Waals surface area (Å²) in [5, 5.41) is 2.67. The summed E-state index contributed by atoms with van der Waals surface area (Å²) in [5.74, 6) is -3.24. The molecule has 0 radical (unpaired) electrons. The number of nitrogens with one attached hydrogen (secondary N) is 1. The monoisotopic (exact) mass is 386 g/mol. The second-order valence-corrected chi connectivity index (χ2v) is 7.68. The highest BCUT2D eigenvalue weighted by atomic mass is 16.6. The minimum atomic E-state index is -0.740. The summed E-state index contributed by atoms with van der Waals surface area (Å²) in [6.07, 6.45) is -0.471. The number of ether oxygens (including phenoxy) is 3. The van der Waals surface area contributed by atoms with E-state index >= 15 is 0 Å². The van der Waals surface area contributed by atoms with Crippen LogP contribution in [0.5, 0.6) is 0 Å². The quantitative estimate of drug-likeness (QED) is 0.553. The smallest absolute Gasteiger partial charge is 0.410 e. The van der Waals surface area contributed by atoms with E-state index in [4.69, 9.17) is 14.2 Å². The number of nitrogens with zero attached hydrogens (tertiary/aromatic N) is 1. The van der Waals surface area contributed by atoms with E-state index in [2.05, 4.69) is 5.32 Å². The number of carbonyl (C=O) groups is 4. The fourth-order valence-corrected chi connectivity index (χ4v) is 3.47. The second kappa shape index (κ2) is 9.05. The fourth-order valence-electron chi connectivity index (χ4n) is 3.47. The molecule has 0 aliphatic heterocycles. The third-order valence-electron chi connectivity index (χ3n) is 4.60. The number of esters is 2. The van der Waals surface area contributed by atoms with Crippen LogP contribution in [0.4, 0.5) is 4.79 Å². The van der Waals surface area contributed by atoms with Gasteiger partial charge in [0.15, 0.2) is 0 Å². The standard InChI is InChI=1S/C18H30N2O7/c1-10(21)19-9-13-11(15(22)25-6)8-12(16(23)26-7)14(13)20(5)17(24)27-18(2,3)4/h11-14H,8-9H2,1-7H3,(H,19,21)/t11-,12+,13+,14-/m1/s1. The molecule has 9 heteroatoms. The van der Waals surface area contributed by atoms with Crippen LogP contribution in [0.15, 0.2) is 0 Å². The van der Waals surface area contributed by atoms with E-state index in [-0.39, 0.29) is 18.9 Å². The van der Waals surface area contributed by atoms with Gasteiger partial charge in [-0.05, 0) is 27.2 Å². The molecule has 0 heterocycles. The van der Waals surface area contributed by atoms with E-state index in [1.165, 1.54) is 33.1 Å². The molecule has 2 amide bonds. The Labute approximate surface area is 159 Å². The number of hydrogen-bond donors (Lipinski definition) is 1. The first-order valence-corrected chi connectivity index (χ1v) is 8.78. The first kappa shape index (κ1) is 22.7. The van der Waals surface area contributed by atoms with Gasteiger partial charge in [-0.2, -0.15) is 0 Å². The number of amides is 2. The van der Waals surface area contributed by atoms with Gasteiger partial charge in [0.05, 0.1) is 32.1 Å². The van der Waals surface area contributed by atoms with Gasteiger partial charge in [0.25, 0.3) is 0 Å². The maximum Gasteiger partial charge on any atom is 0.410 e. The Morgan fingerprint density at radius 3 is 2.00 bits per heavy atom. The van der Waals surface area contributed by atoms with Gasteiger partial charge in [-0.3, -0.25) is 14.4 Å². The normalized spacial score (nSPS) is 24.7. The minimum absolute atomic E-state index is 0.112. The summed E-state index contributed by atoms with van der Waals surface area (Å²) in [6.45, 7) is 6.67. The Kier molecular flexibility index (Phi) is 7.62. The molecule has 154 valence electrons. The van der Waals surface area contributed by atoms with Crippen molar-refractivity contribution in [2.24, 2.45) is 17.8 Å². The van der Waals surface area contributed by atoms with Crippen molar-refractivity contribution in [2.75, 3.05) is 27.8 Å². The van der Waals surface area contributed by atoms with Crippen LogP contribution in [0, 0.1) is 17.8 Å². The van der Waals surface area contributed by atoms with Gasteiger partial charge in [0, 0.05) is 26.4 Å². The van der Waals surface area contributed by atoms with E-state index in [0.717, 1.165) is 0 Å². The van der Waals surface area contributed by atoms with Crippen molar-refractivity contribution in [2.45, 2.75) is 45.8 Å². The lowest BCUT2D eigenvalue weighted by Gasteiger charge is -2.34. The van der Waals surface area contributed by atoms with Crippen molar-refractivity contribution in [3.63, 3.8) is 0 Å². The number of hydrogen-bond acceptors (Lipinski definition) is 7. The first-order valence-electron chi connectivity index (χ1n) is 8.78. The summed E-state index contributed by atoms with van der Waals surface area (Å²) in [4.78, 5) is 49.9. The highest BCUT2D eigenvalue weighted by molar-refractivity contribution is 5.80. The van der Waals surface area contributed by atoms with Crippen LogP contribution >= 0.6 is 0 Å². The van der Waals surface area contributed by atoms with Gasteiger partial charge in [-0.15, -0.1) is 0 Å².